The lowest BCUT2D eigenvalue weighted by Gasteiger charge is -2.12. The molecule has 4 aromatic rings. The van der Waals surface area contributed by atoms with Gasteiger partial charge < -0.3 is 10.3 Å². The molecule has 0 radical (unpaired) electrons. The summed E-state index contributed by atoms with van der Waals surface area (Å²) in [6, 6.07) is 25.9. The number of benzene rings is 3. The van der Waals surface area contributed by atoms with Gasteiger partial charge in [-0.3, -0.25) is 0 Å². The zero-order valence-corrected chi connectivity index (χ0v) is 16.3. The minimum absolute atomic E-state index is 0.0272. The van der Waals surface area contributed by atoms with E-state index in [0.717, 1.165) is 12.1 Å². The first-order chi connectivity index (χ1) is 13.5. The molecule has 0 saturated carbocycles. The molecule has 5 rings (SSSR count). The molecule has 0 spiro atoms. The maximum absolute atomic E-state index is 6.36. The van der Waals surface area contributed by atoms with Crippen molar-refractivity contribution in [1.82, 2.24) is 4.57 Å². The van der Waals surface area contributed by atoms with Crippen molar-refractivity contribution in [2.45, 2.75) is 20.3 Å². The Balaban J connectivity index is 1.79. The molecule has 138 valence electrons. The van der Waals surface area contributed by atoms with Crippen molar-refractivity contribution in [2.75, 3.05) is 0 Å². The normalized spacial score (nSPS) is 15.8. The molecule has 0 atom stereocenters. The van der Waals surface area contributed by atoms with E-state index >= 15 is 0 Å². The van der Waals surface area contributed by atoms with Gasteiger partial charge in [0.15, 0.2) is 0 Å². The average Bonchev–Trinajstić information content (AvgIpc) is 3.16. The van der Waals surface area contributed by atoms with Crippen LogP contribution in [0.2, 0.25) is 0 Å². The van der Waals surface area contributed by atoms with Gasteiger partial charge in [0, 0.05) is 34.0 Å². The fraction of sp³-hybridized carbons (Fsp3) is 0.154. The number of nitrogens with two attached hydrogens (primary N) is 1. The number of allylic oxidation sites excluding steroid dienone is 3. The standard InChI is InChI=1S/C26H24N2/c1-26(2)16-19(23(27)17-26)15-18-9-8-13-22-21-12-6-7-14-24(21)28(25(18)22)20-10-4-3-5-11-20/h3-14,16-17H,15,27H2,1-2H3. The Bertz CT molecular complexity index is 1250. The molecule has 0 fully saturated rings. The Kier molecular flexibility index (Phi) is 3.70. The van der Waals surface area contributed by atoms with E-state index in [-0.39, 0.29) is 5.41 Å². The molecule has 3 aromatic carbocycles. The fourth-order valence-electron chi connectivity index (χ4n) is 4.50. The number of hydrogen-bond acceptors (Lipinski definition) is 1. The van der Waals surface area contributed by atoms with Crippen LogP contribution in [0.3, 0.4) is 0 Å². The van der Waals surface area contributed by atoms with E-state index in [2.05, 4.69) is 103 Å². The van der Waals surface area contributed by atoms with Crippen LogP contribution in [0.15, 0.2) is 96.2 Å². The van der Waals surface area contributed by atoms with E-state index < -0.39 is 0 Å². The third-order valence-electron chi connectivity index (χ3n) is 5.62. The van der Waals surface area contributed by atoms with Crippen LogP contribution in [-0.2, 0) is 6.42 Å². The van der Waals surface area contributed by atoms with Crippen LogP contribution in [0, 0.1) is 5.41 Å². The van der Waals surface area contributed by atoms with Gasteiger partial charge in [0.25, 0.3) is 0 Å². The van der Waals surface area contributed by atoms with Crippen molar-refractivity contribution in [2.24, 2.45) is 11.1 Å². The van der Waals surface area contributed by atoms with Crippen molar-refractivity contribution in [1.29, 1.82) is 0 Å². The summed E-state index contributed by atoms with van der Waals surface area (Å²) in [4.78, 5) is 0. The van der Waals surface area contributed by atoms with Crippen molar-refractivity contribution in [3.8, 4) is 5.69 Å². The van der Waals surface area contributed by atoms with Gasteiger partial charge in [-0.2, -0.15) is 0 Å². The zero-order valence-electron chi connectivity index (χ0n) is 16.3. The summed E-state index contributed by atoms with van der Waals surface area (Å²) in [6.07, 6.45) is 5.30. The molecule has 1 aromatic heterocycles. The van der Waals surface area contributed by atoms with Crippen LogP contribution < -0.4 is 5.73 Å². The molecule has 2 N–H and O–H groups in total. The highest BCUT2D eigenvalue weighted by atomic mass is 15.0. The number of hydrogen-bond donors (Lipinski definition) is 1. The van der Waals surface area contributed by atoms with Crippen molar-refractivity contribution in [3.63, 3.8) is 0 Å². The molecule has 0 saturated heterocycles. The van der Waals surface area contributed by atoms with E-state index in [4.69, 9.17) is 5.73 Å². The molecule has 2 heteroatoms. The van der Waals surface area contributed by atoms with E-state index in [1.54, 1.807) is 0 Å². The maximum Gasteiger partial charge on any atom is 0.0576 e. The topological polar surface area (TPSA) is 30.9 Å². The number of para-hydroxylation sites is 3. The first-order valence-electron chi connectivity index (χ1n) is 9.80. The summed E-state index contributed by atoms with van der Waals surface area (Å²) >= 11 is 0. The highest BCUT2D eigenvalue weighted by molar-refractivity contribution is 6.10. The maximum atomic E-state index is 6.36. The van der Waals surface area contributed by atoms with Crippen LogP contribution in [0.5, 0.6) is 0 Å². The lowest BCUT2D eigenvalue weighted by Crippen LogP contribution is -2.03. The third-order valence-corrected chi connectivity index (χ3v) is 5.62. The van der Waals surface area contributed by atoms with Gasteiger partial charge in [0.2, 0.25) is 0 Å². The molecule has 28 heavy (non-hydrogen) atoms. The van der Waals surface area contributed by atoms with Gasteiger partial charge in [-0.15, -0.1) is 0 Å². The van der Waals surface area contributed by atoms with Crippen molar-refractivity contribution < 1.29 is 0 Å². The summed E-state index contributed by atoms with van der Waals surface area (Å²) in [6.45, 7) is 4.41. The van der Waals surface area contributed by atoms with Crippen LogP contribution in [-0.4, -0.2) is 4.57 Å². The van der Waals surface area contributed by atoms with Crippen LogP contribution in [0.1, 0.15) is 19.4 Å². The minimum atomic E-state index is 0.0272. The molecule has 1 heterocycles. The zero-order chi connectivity index (χ0) is 19.3. The Hall–Kier alpha value is -3.26. The average molecular weight is 364 g/mol. The molecule has 0 amide bonds. The molecule has 0 unspecified atom stereocenters. The first-order valence-corrected chi connectivity index (χ1v) is 9.80. The Morgan fingerprint density at radius 2 is 1.50 bits per heavy atom. The Labute approximate surface area is 165 Å². The second-order valence-corrected chi connectivity index (χ2v) is 8.27. The van der Waals surface area contributed by atoms with Gasteiger partial charge in [0.05, 0.1) is 11.0 Å². The molecule has 0 aliphatic heterocycles. The molecule has 0 bridgehead atoms. The second-order valence-electron chi connectivity index (χ2n) is 8.27. The minimum Gasteiger partial charge on any atom is -0.399 e. The quantitative estimate of drug-likeness (QED) is 0.465. The third kappa shape index (κ3) is 2.65. The lowest BCUT2D eigenvalue weighted by molar-refractivity contribution is 0.632. The predicted octanol–water partition coefficient (Wildman–Crippen LogP) is 6.14. The number of rotatable bonds is 3. The predicted molar refractivity (Wildman–Crippen MR) is 119 cm³/mol. The number of nitrogens with zero attached hydrogens (tertiary/aromatic N) is 1. The highest BCUT2D eigenvalue weighted by Crippen LogP contribution is 2.37. The van der Waals surface area contributed by atoms with Crippen LogP contribution in [0.4, 0.5) is 0 Å². The summed E-state index contributed by atoms with van der Waals surface area (Å²) in [5, 5.41) is 2.57. The van der Waals surface area contributed by atoms with Crippen LogP contribution in [0.25, 0.3) is 27.5 Å². The number of fused-ring (bicyclic) bond motifs is 3. The second kappa shape index (κ2) is 6.13. The summed E-state index contributed by atoms with van der Waals surface area (Å²) in [7, 11) is 0. The van der Waals surface area contributed by atoms with Gasteiger partial charge in [-0.1, -0.05) is 80.6 Å². The van der Waals surface area contributed by atoms with Gasteiger partial charge in [-0.05, 0) is 29.3 Å². The number of aromatic nitrogens is 1. The molecule has 1 aliphatic carbocycles. The lowest BCUT2D eigenvalue weighted by atomic mass is 9.95. The Morgan fingerprint density at radius 1 is 0.786 bits per heavy atom. The van der Waals surface area contributed by atoms with E-state index in [1.807, 2.05) is 0 Å². The van der Waals surface area contributed by atoms with Crippen molar-refractivity contribution in [3.05, 3.63) is 102 Å². The van der Waals surface area contributed by atoms with Gasteiger partial charge in [-0.25, -0.2) is 0 Å². The monoisotopic (exact) mass is 364 g/mol. The van der Waals surface area contributed by atoms with Crippen LogP contribution >= 0.6 is 0 Å². The fourth-order valence-corrected chi connectivity index (χ4v) is 4.50. The molecular weight excluding hydrogens is 340 g/mol. The van der Waals surface area contributed by atoms with Gasteiger partial charge in [0.1, 0.15) is 0 Å². The first kappa shape index (κ1) is 16.9. The SMILES string of the molecule is CC1(C)C=C(N)C(Cc2cccc3c4ccccc4n(-c4ccccc4)c23)=C1. The summed E-state index contributed by atoms with van der Waals surface area (Å²) < 4.78 is 2.39. The molecule has 2 nitrogen and oxygen atoms in total. The molecular formula is C26H24N2. The van der Waals surface area contributed by atoms with E-state index in [0.29, 0.717) is 0 Å². The largest absolute Gasteiger partial charge is 0.399 e. The summed E-state index contributed by atoms with van der Waals surface area (Å²) in [5.74, 6) is 0. The van der Waals surface area contributed by atoms with Gasteiger partial charge >= 0.3 is 0 Å². The molecule has 1 aliphatic rings. The van der Waals surface area contributed by atoms with Crippen molar-refractivity contribution >= 4 is 21.8 Å². The summed E-state index contributed by atoms with van der Waals surface area (Å²) in [5.41, 5.74) is 13.5. The van der Waals surface area contributed by atoms with E-state index in [1.165, 1.54) is 38.6 Å². The highest BCUT2D eigenvalue weighted by Gasteiger charge is 2.23. The van der Waals surface area contributed by atoms with E-state index in [9.17, 15) is 0 Å². The smallest absolute Gasteiger partial charge is 0.0576 e. The Morgan fingerprint density at radius 3 is 2.25 bits per heavy atom.